The summed E-state index contributed by atoms with van der Waals surface area (Å²) in [5.41, 5.74) is 1.76. The topological polar surface area (TPSA) is 84.5 Å². The van der Waals surface area contributed by atoms with Gasteiger partial charge in [0, 0.05) is 5.02 Å². The standard InChI is InChI=1S/C24H24Cl2N2O4S/c1-3-32-23-12-10-19(13-16(23)2)33(30,31)28-22(14-17-7-5-4-6-8-17)24(29)27-21-15-18(25)9-11-20(21)26/h4-13,15,22,28H,3,14H2,1-2H3,(H,27,29). The van der Waals surface area contributed by atoms with E-state index in [1.807, 2.05) is 37.3 Å². The quantitative estimate of drug-likeness (QED) is 0.416. The van der Waals surface area contributed by atoms with E-state index >= 15 is 0 Å². The molecule has 1 amide bonds. The fraction of sp³-hybridized carbons (Fsp3) is 0.208. The number of carbonyl (C=O) groups is 1. The van der Waals surface area contributed by atoms with Crippen molar-refractivity contribution in [2.45, 2.75) is 31.2 Å². The number of halogens is 2. The van der Waals surface area contributed by atoms with Gasteiger partial charge in [0.15, 0.2) is 0 Å². The van der Waals surface area contributed by atoms with Crippen LogP contribution in [0, 0.1) is 6.92 Å². The van der Waals surface area contributed by atoms with Crippen molar-refractivity contribution in [2.75, 3.05) is 11.9 Å². The fourth-order valence-corrected chi connectivity index (χ4v) is 4.83. The minimum Gasteiger partial charge on any atom is -0.494 e. The van der Waals surface area contributed by atoms with Crippen molar-refractivity contribution in [2.24, 2.45) is 0 Å². The van der Waals surface area contributed by atoms with E-state index < -0.39 is 22.0 Å². The van der Waals surface area contributed by atoms with E-state index in [4.69, 9.17) is 27.9 Å². The van der Waals surface area contributed by atoms with Crippen LogP contribution in [-0.2, 0) is 21.2 Å². The van der Waals surface area contributed by atoms with Crippen molar-refractivity contribution < 1.29 is 17.9 Å². The van der Waals surface area contributed by atoms with Gasteiger partial charge in [-0.1, -0.05) is 53.5 Å². The van der Waals surface area contributed by atoms with Crippen LogP contribution in [0.2, 0.25) is 10.0 Å². The van der Waals surface area contributed by atoms with Crippen molar-refractivity contribution >= 4 is 44.8 Å². The molecule has 33 heavy (non-hydrogen) atoms. The summed E-state index contributed by atoms with van der Waals surface area (Å²) in [5, 5.41) is 3.36. The number of rotatable bonds is 9. The summed E-state index contributed by atoms with van der Waals surface area (Å²) in [7, 11) is -4.01. The second-order valence-corrected chi connectivity index (χ2v) is 9.89. The summed E-state index contributed by atoms with van der Waals surface area (Å²) < 4.78 is 34.3. The number of sulfonamides is 1. The predicted octanol–water partition coefficient (Wildman–Crippen LogP) is 5.23. The second kappa shape index (κ2) is 11.0. The predicted molar refractivity (Wildman–Crippen MR) is 132 cm³/mol. The molecular formula is C24H24Cl2N2O4S. The van der Waals surface area contributed by atoms with Crippen LogP contribution in [0.15, 0.2) is 71.6 Å². The molecule has 0 radical (unpaired) electrons. The Labute approximate surface area is 203 Å². The summed E-state index contributed by atoms with van der Waals surface area (Å²) in [6.45, 7) is 4.08. The Morgan fingerprint density at radius 3 is 2.42 bits per heavy atom. The molecule has 9 heteroatoms. The van der Waals surface area contributed by atoms with Gasteiger partial charge < -0.3 is 10.1 Å². The lowest BCUT2D eigenvalue weighted by atomic mass is 10.1. The number of aryl methyl sites for hydroxylation is 1. The molecule has 0 aliphatic rings. The van der Waals surface area contributed by atoms with Crippen molar-refractivity contribution in [3.05, 3.63) is 87.9 Å². The van der Waals surface area contributed by atoms with Gasteiger partial charge >= 0.3 is 0 Å². The van der Waals surface area contributed by atoms with E-state index in [0.29, 0.717) is 28.6 Å². The molecular weight excluding hydrogens is 483 g/mol. The highest BCUT2D eigenvalue weighted by Crippen LogP contribution is 2.26. The van der Waals surface area contributed by atoms with E-state index in [9.17, 15) is 13.2 Å². The molecule has 0 aliphatic heterocycles. The van der Waals surface area contributed by atoms with Gasteiger partial charge in [0.25, 0.3) is 0 Å². The van der Waals surface area contributed by atoms with Crippen molar-refractivity contribution in [1.82, 2.24) is 4.72 Å². The number of carbonyl (C=O) groups excluding carboxylic acids is 1. The Bertz CT molecular complexity index is 1230. The molecule has 0 saturated carbocycles. The highest BCUT2D eigenvalue weighted by atomic mass is 35.5. The summed E-state index contributed by atoms with van der Waals surface area (Å²) in [4.78, 5) is 13.2. The van der Waals surface area contributed by atoms with Gasteiger partial charge in [-0.2, -0.15) is 4.72 Å². The molecule has 3 rings (SSSR count). The van der Waals surface area contributed by atoms with Gasteiger partial charge in [-0.05, 0) is 67.8 Å². The molecule has 0 aliphatic carbocycles. The van der Waals surface area contributed by atoms with E-state index in [1.54, 1.807) is 25.1 Å². The van der Waals surface area contributed by atoms with E-state index in [2.05, 4.69) is 10.0 Å². The summed E-state index contributed by atoms with van der Waals surface area (Å²) >= 11 is 12.2. The number of amides is 1. The maximum absolute atomic E-state index is 13.2. The Hall–Kier alpha value is -2.58. The first kappa shape index (κ1) is 25.1. The molecule has 174 valence electrons. The lowest BCUT2D eigenvalue weighted by molar-refractivity contribution is -0.117. The minimum absolute atomic E-state index is 0.0371. The van der Waals surface area contributed by atoms with Gasteiger partial charge in [0.2, 0.25) is 15.9 Å². The average molecular weight is 507 g/mol. The van der Waals surface area contributed by atoms with Gasteiger partial charge in [-0.3, -0.25) is 4.79 Å². The molecule has 0 heterocycles. The summed E-state index contributed by atoms with van der Waals surface area (Å²) in [6.07, 6.45) is 0.139. The third-order valence-corrected chi connectivity index (χ3v) is 6.87. The maximum atomic E-state index is 13.2. The average Bonchev–Trinajstić information content (AvgIpc) is 2.78. The molecule has 2 N–H and O–H groups in total. The highest BCUT2D eigenvalue weighted by Gasteiger charge is 2.27. The van der Waals surface area contributed by atoms with Crippen LogP contribution in [0.1, 0.15) is 18.1 Å². The van der Waals surface area contributed by atoms with Crippen LogP contribution in [0.4, 0.5) is 5.69 Å². The third kappa shape index (κ3) is 6.71. The molecule has 0 bridgehead atoms. The smallest absolute Gasteiger partial charge is 0.242 e. The highest BCUT2D eigenvalue weighted by molar-refractivity contribution is 7.89. The number of hydrogen-bond acceptors (Lipinski definition) is 4. The number of benzene rings is 3. The first-order valence-corrected chi connectivity index (χ1v) is 12.5. The molecule has 3 aromatic rings. The van der Waals surface area contributed by atoms with E-state index in [0.717, 1.165) is 5.56 Å². The Morgan fingerprint density at radius 2 is 1.76 bits per heavy atom. The van der Waals surface area contributed by atoms with Crippen molar-refractivity contribution in [3.8, 4) is 5.75 Å². The van der Waals surface area contributed by atoms with Crippen LogP contribution in [-0.4, -0.2) is 27.0 Å². The van der Waals surface area contributed by atoms with Crippen molar-refractivity contribution in [3.63, 3.8) is 0 Å². The number of ether oxygens (including phenoxy) is 1. The number of anilines is 1. The summed E-state index contributed by atoms with van der Waals surface area (Å²) in [6, 6.07) is 17.3. The zero-order chi connectivity index (χ0) is 24.0. The molecule has 0 spiro atoms. The monoisotopic (exact) mass is 506 g/mol. The Balaban J connectivity index is 1.89. The van der Waals surface area contributed by atoms with Gasteiger partial charge in [-0.25, -0.2) is 8.42 Å². The molecule has 0 fully saturated rings. The SMILES string of the molecule is CCOc1ccc(S(=O)(=O)NC(Cc2ccccc2)C(=O)Nc2cc(Cl)ccc2Cl)cc1C. The normalized spacial score (nSPS) is 12.2. The largest absolute Gasteiger partial charge is 0.494 e. The van der Waals surface area contributed by atoms with Crippen LogP contribution >= 0.6 is 23.2 Å². The first-order valence-electron chi connectivity index (χ1n) is 10.2. The minimum atomic E-state index is -4.01. The lowest BCUT2D eigenvalue weighted by Crippen LogP contribution is -2.45. The second-order valence-electron chi connectivity index (χ2n) is 7.34. The molecule has 3 aromatic carbocycles. The fourth-order valence-electron chi connectivity index (χ4n) is 3.21. The van der Waals surface area contributed by atoms with Crippen LogP contribution < -0.4 is 14.8 Å². The van der Waals surface area contributed by atoms with E-state index in [1.165, 1.54) is 18.2 Å². The van der Waals surface area contributed by atoms with Gasteiger partial charge in [-0.15, -0.1) is 0 Å². The molecule has 1 unspecified atom stereocenters. The zero-order valence-electron chi connectivity index (χ0n) is 18.1. The van der Waals surface area contributed by atoms with Crippen molar-refractivity contribution in [1.29, 1.82) is 0 Å². The molecule has 1 atom stereocenters. The van der Waals surface area contributed by atoms with Gasteiger partial charge in [0.1, 0.15) is 11.8 Å². The molecule has 0 saturated heterocycles. The van der Waals surface area contributed by atoms with Gasteiger partial charge in [0.05, 0.1) is 22.2 Å². The summed E-state index contributed by atoms with van der Waals surface area (Å²) in [5.74, 6) is 0.0416. The number of nitrogens with one attached hydrogen (secondary N) is 2. The molecule has 6 nitrogen and oxygen atoms in total. The zero-order valence-corrected chi connectivity index (χ0v) is 20.5. The van der Waals surface area contributed by atoms with Crippen LogP contribution in [0.3, 0.4) is 0 Å². The maximum Gasteiger partial charge on any atom is 0.242 e. The Kier molecular flexibility index (Phi) is 8.37. The van der Waals surface area contributed by atoms with E-state index in [-0.39, 0.29) is 16.3 Å². The molecule has 0 aromatic heterocycles. The third-order valence-electron chi connectivity index (χ3n) is 4.84. The Morgan fingerprint density at radius 1 is 1.03 bits per heavy atom. The van der Waals surface area contributed by atoms with Crippen LogP contribution in [0.5, 0.6) is 5.75 Å². The lowest BCUT2D eigenvalue weighted by Gasteiger charge is -2.20. The van der Waals surface area contributed by atoms with Crippen LogP contribution in [0.25, 0.3) is 0 Å². The first-order chi connectivity index (χ1) is 15.7. The number of hydrogen-bond donors (Lipinski definition) is 2.